The Morgan fingerprint density at radius 3 is 2.57 bits per heavy atom. The van der Waals surface area contributed by atoms with E-state index >= 15 is 0 Å². The maximum absolute atomic E-state index is 13.1. The Hall–Kier alpha value is -3.33. The Morgan fingerprint density at radius 1 is 1.00 bits per heavy atom. The van der Waals surface area contributed by atoms with Gasteiger partial charge >= 0.3 is 0 Å². The number of allylic oxidation sites excluding steroid dienone is 1. The molecule has 0 bridgehead atoms. The first-order valence-electron chi connectivity index (χ1n) is 9.61. The third-order valence-electron chi connectivity index (χ3n) is 5.70. The second-order valence-corrected chi connectivity index (χ2v) is 7.45. The zero-order valence-electron chi connectivity index (χ0n) is 15.7. The van der Waals surface area contributed by atoms with Crippen molar-refractivity contribution in [1.29, 1.82) is 0 Å². The smallest absolute Gasteiger partial charge is 0.166 e. The third-order valence-corrected chi connectivity index (χ3v) is 5.70. The van der Waals surface area contributed by atoms with Crippen molar-refractivity contribution in [2.75, 3.05) is 0 Å². The van der Waals surface area contributed by atoms with E-state index in [9.17, 15) is 4.79 Å². The number of rotatable bonds is 4. The highest BCUT2D eigenvalue weighted by molar-refractivity contribution is 6.15. The van der Waals surface area contributed by atoms with Crippen LogP contribution >= 0.6 is 0 Å². The molecular formula is C25H20N2O. The van der Waals surface area contributed by atoms with Crippen LogP contribution in [0.1, 0.15) is 46.2 Å². The van der Waals surface area contributed by atoms with E-state index in [2.05, 4.69) is 23.2 Å². The van der Waals surface area contributed by atoms with Gasteiger partial charge in [-0.3, -0.25) is 14.8 Å². The summed E-state index contributed by atoms with van der Waals surface area (Å²) < 4.78 is 0. The third kappa shape index (κ3) is 2.80. The van der Waals surface area contributed by atoms with Crippen LogP contribution in [0.5, 0.6) is 0 Å². The van der Waals surface area contributed by atoms with Gasteiger partial charge in [0.25, 0.3) is 0 Å². The van der Waals surface area contributed by atoms with E-state index in [0.717, 1.165) is 28.0 Å². The molecule has 2 heterocycles. The minimum absolute atomic E-state index is 0.123. The number of aromatic nitrogens is 1. The molecule has 2 aliphatic rings. The quantitative estimate of drug-likeness (QED) is 0.671. The van der Waals surface area contributed by atoms with Crippen molar-refractivity contribution in [1.82, 2.24) is 4.98 Å². The largest absolute Gasteiger partial charge is 0.294 e. The van der Waals surface area contributed by atoms with E-state index in [0.29, 0.717) is 13.0 Å². The molecule has 0 spiro atoms. The van der Waals surface area contributed by atoms with E-state index in [1.165, 1.54) is 16.7 Å². The monoisotopic (exact) mass is 364 g/mol. The number of Topliss-reactive ketones (excluding diaryl/α,β-unsaturated/α-hetero) is 1. The molecule has 3 nitrogen and oxygen atoms in total. The van der Waals surface area contributed by atoms with E-state index in [-0.39, 0.29) is 11.7 Å². The van der Waals surface area contributed by atoms with Gasteiger partial charge in [-0.05, 0) is 46.5 Å². The summed E-state index contributed by atoms with van der Waals surface area (Å²) in [5.74, 6) is 0.0909. The number of hydrogen-bond acceptors (Lipinski definition) is 3. The molecule has 2 aromatic carbocycles. The van der Waals surface area contributed by atoms with Gasteiger partial charge in [0, 0.05) is 41.4 Å². The molecule has 28 heavy (non-hydrogen) atoms. The predicted octanol–water partition coefficient (Wildman–Crippen LogP) is 4.74. The molecule has 3 heteroatoms. The zero-order valence-corrected chi connectivity index (χ0v) is 15.7. The Labute approximate surface area is 164 Å². The van der Waals surface area contributed by atoms with E-state index in [1.807, 2.05) is 49.4 Å². The van der Waals surface area contributed by atoms with Crippen molar-refractivity contribution in [3.8, 4) is 0 Å². The van der Waals surface area contributed by atoms with Crippen LogP contribution in [0.4, 0.5) is 0 Å². The summed E-state index contributed by atoms with van der Waals surface area (Å²) in [6, 6.07) is 18.4. The standard InChI is InChI=1S/C25H20N2O/c1-16(17-5-3-2-4-6-17)25(28)21-11-19-13-22-15-27-24(18-7-9-26-10-8-18)23(22)14-20(19)12-21/h2-10,12-14,16H,11,15H2,1H3/t16-/m1/s1. The molecule has 0 saturated heterocycles. The van der Waals surface area contributed by atoms with Gasteiger partial charge in [0.15, 0.2) is 5.78 Å². The van der Waals surface area contributed by atoms with Crippen molar-refractivity contribution in [2.24, 2.45) is 4.99 Å². The highest BCUT2D eigenvalue weighted by atomic mass is 16.1. The molecule has 0 unspecified atom stereocenters. The predicted molar refractivity (Wildman–Crippen MR) is 112 cm³/mol. The van der Waals surface area contributed by atoms with Gasteiger partial charge in [-0.2, -0.15) is 0 Å². The lowest BCUT2D eigenvalue weighted by Gasteiger charge is -2.11. The average Bonchev–Trinajstić information content (AvgIpc) is 3.35. The first-order valence-corrected chi connectivity index (χ1v) is 9.61. The van der Waals surface area contributed by atoms with Crippen molar-refractivity contribution in [3.63, 3.8) is 0 Å². The van der Waals surface area contributed by atoms with Gasteiger partial charge in [-0.15, -0.1) is 0 Å². The van der Waals surface area contributed by atoms with Crippen molar-refractivity contribution in [3.05, 3.63) is 106 Å². The van der Waals surface area contributed by atoms with Crippen LogP contribution < -0.4 is 0 Å². The second kappa shape index (κ2) is 6.68. The minimum atomic E-state index is -0.123. The van der Waals surface area contributed by atoms with Crippen LogP contribution in [-0.4, -0.2) is 16.5 Å². The summed E-state index contributed by atoms with van der Waals surface area (Å²) in [6.45, 7) is 2.69. The van der Waals surface area contributed by atoms with Crippen LogP contribution in [0, 0.1) is 0 Å². The highest BCUT2D eigenvalue weighted by Gasteiger charge is 2.26. The average molecular weight is 364 g/mol. The molecule has 0 radical (unpaired) electrons. The SMILES string of the molecule is C[C@@H](C(=O)C1=Cc2cc3c(cc2C1)CN=C3c1ccncc1)c1ccccc1. The number of ketones is 1. The number of aliphatic imine (C=N–C) groups is 1. The molecule has 1 aliphatic carbocycles. The molecule has 0 fully saturated rings. The topological polar surface area (TPSA) is 42.3 Å². The summed E-state index contributed by atoms with van der Waals surface area (Å²) in [6.07, 6.45) is 6.37. The lowest BCUT2D eigenvalue weighted by atomic mass is 9.91. The number of carbonyl (C=O) groups is 1. The van der Waals surface area contributed by atoms with Crippen LogP contribution in [0.3, 0.4) is 0 Å². The number of benzene rings is 2. The van der Waals surface area contributed by atoms with Crippen LogP contribution in [0.2, 0.25) is 0 Å². The van der Waals surface area contributed by atoms with Crippen molar-refractivity contribution < 1.29 is 4.79 Å². The van der Waals surface area contributed by atoms with Gasteiger partial charge in [0.05, 0.1) is 12.3 Å². The molecule has 1 atom stereocenters. The summed E-state index contributed by atoms with van der Waals surface area (Å²) in [7, 11) is 0. The van der Waals surface area contributed by atoms with Crippen LogP contribution in [0.15, 0.2) is 77.6 Å². The van der Waals surface area contributed by atoms with E-state index < -0.39 is 0 Å². The molecule has 136 valence electrons. The molecular weight excluding hydrogens is 344 g/mol. The molecule has 1 aliphatic heterocycles. The van der Waals surface area contributed by atoms with Gasteiger partial charge in [0.2, 0.25) is 0 Å². The first kappa shape index (κ1) is 16.8. The summed E-state index contributed by atoms with van der Waals surface area (Å²) >= 11 is 0. The lowest BCUT2D eigenvalue weighted by molar-refractivity contribution is -0.116. The van der Waals surface area contributed by atoms with Gasteiger partial charge in [-0.1, -0.05) is 43.3 Å². The van der Waals surface area contributed by atoms with Crippen LogP contribution in [0.25, 0.3) is 6.08 Å². The molecule has 0 N–H and O–H groups in total. The Bertz CT molecular complexity index is 1130. The fourth-order valence-electron chi connectivity index (χ4n) is 4.13. The van der Waals surface area contributed by atoms with Crippen molar-refractivity contribution >= 4 is 17.6 Å². The minimum Gasteiger partial charge on any atom is -0.294 e. The summed E-state index contributed by atoms with van der Waals surface area (Å²) in [5.41, 5.74) is 8.86. The number of fused-ring (bicyclic) bond motifs is 2. The summed E-state index contributed by atoms with van der Waals surface area (Å²) in [5, 5.41) is 0. The summed E-state index contributed by atoms with van der Waals surface area (Å²) in [4.78, 5) is 21.9. The fourth-order valence-corrected chi connectivity index (χ4v) is 4.13. The second-order valence-electron chi connectivity index (χ2n) is 7.45. The number of pyridine rings is 1. The van der Waals surface area contributed by atoms with E-state index in [1.54, 1.807) is 12.4 Å². The molecule has 0 amide bonds. The Balaban J connectivity index is 1.45. The molecule has 3 aromatic rings. The maximum Gasteiger partial charge on any atom is 0.166 e. The number of nitrogens with zero attached hydrogens (tertiary/aromatic N) is 2. The number of carbonyl (C=O) groups excluding carboxylic acids is 1. The first-order chi connectivity index (χ1) is 13.7. The maximum atomic E-state index is 13.1. The fraction of sp³-hybridized carbons (Fsp3) is 0.160. The van der Waals surface area contributed by atoms with Gasteiger partial charge in [-0.25, -0.2) is 0 Å². The van der Waals surface area contributed by atoms with Crippen molar-refractivity contribution in [2.45, 2.75) is 25.8 Å². The Morgan fingerprint density at radius 2 is 1.79 bits per heavy atom. The van der Waals surface area contributed by atoms with Crippen LogP contribution in [-0.2, 0) is 17.8 Å². The normalized spacial score (nSPS) is 15.5. The highest BCUT2D eigenvalue weighted by Crippen LogP contribution is 2.34. The van der Waals surface area contributed by atoms with E-state index in [4.69, 9.17) is 4.99 Å². The van der Waals surface area contributed by atoms with Gasteiger partial charge in [0.1, 0.15) is 0 Å². The molecule has 1 aromatic heterocycles. The number of hydrogen-bond donors (Lipinski definition) is 0. The Kier molecular flexibility index (Phi) is 4.01. The molecule has 5 rings (SSSR count). The molecule has 0 saturated carbocycles. The van der Waals surface area contributed by atoms with Gasteiger partial charge < -0.3 is 0 Å². The zero-order chi connectivity index (χ0) is 19.1. The lowest BCUT2D eigenvalue weighted by Crippen LogP contribution is -2.12.